The molecule has 3 nitrogen and oxygen atoms in total. The van der Waals surface area contributed by atoms with Gasteiger partial charge in [0.15, 0.2) is 5.67 Å². The van der Waals surface area contributed by atoms with Gasteiger partial charge in [0.25, 0.3) is 0 Å². The number of nitrogens with zero attached hydrogens (tertiary/aromatic N) is 1. The molecule has 4 heteroatoms. The third-order valence-corrected chi connectivity index (χ3v) is 8.16. The highest BCUT2D eigenvalue weighted by atomic mass is 19.1. The number of likely N-dealkylation sites (N-methyl/N-ethyl adjacent to an activating group) is 1. The fourth-order valence-corrected chi connectivity index (χ4v) is 5.86. The van der Waals surface area contributed by atoms with Crippen LogP contribution in [0, 0.1) is 6.92 Å². The molecule has 1 fully saturated rings. The molecule has 3 aliphatic heterocycles. The van der Waals surface area contributed by atoms with E-state index in [0.717, 1.165) is 61.9 Å². The molecule has 3 heterocycles. The van der Waals surface area contributed by atoms with Crippen molar-refractivity contribution in [2.75, 3.05) is 26.7 Å². The summed E-state index contributed by atoms with van der Waals surface area (Å²) >= 11 is 0. The first-order valence-electron chi connectivity index (χ1n) is 14.6. The van der Waals surface area contributed by atoms with Crippen LogP contribution in [0.2, 0.25) is 0 Å². The van der Waals surface area contributed by atoms with Crippen LogP contribution in [0.1, 0.15) is 76.3 Å². The average Bonchev–Trinajstić information content (AvgIpc) is 2.91. The Morgan fingerprint density at radius 3 is 2.84 bits per heavy atom. The van der Waals surface area contributed by atoms with Crippen LogP contribution in [0.3, 0.4) is 0 Å². The first-order valence-corrected chi connectivity index (χ1v) is 14.6. The monoisotopic (exact) mass is 517 g/mol. The third-order valence-electron chi connectivity index (χ3n) is 8.16. The summed E-state index contributed by atoms with van der Waals surface area (Å²) in [5, 5.41) is 3.17. The summed E-state index contributed by atoms with van der Waals surface area (Å²) in [6.45, 7) is 7.95. The SMILES string of the molecule is CCCC=C(C=Cc1cccc(OCC2(F)CCCNC2)c1C)C1=C(CC)CCCC=C2C=CC=C[N+]21C. The Labute approximate surface area is 229 Å². The van der Waals surface area contributed by atoms with Crippen molar-refractivity contribution < 1.29 is 13.6 Å². The van der Waals surface area contributed by atoms with Gasteiger partial charge in [-0.15, -0.1) is 0 Å². The minimum atomic E-state index is -1.30. The van der Waals surface area contributed by atoms with Crippen molar-refractivity contribution in [1.29, 1.82) is 0 Å². The van der Waals surface area contributed by atoms with Crippen molar-refractivity contribution in [3.8, 4) is 5.75 Å². The second-order valence-electron chi connectivity index (χ2n) is 11.1. The lowest BCUT2D eigenvalue weighted by molar-refractivity contribution is -0.775. The van der Waals surface area contributed by atoms with Crippen LogP contribution in [0.25, 0.3) is 6.08 Å². The quantitative estimate of drug-likeness (QED) is 0.262. The van der Waals surface area contributed by atoms with Crippen molar-refractivity contribution in [2.45, 2.75) is 77.8 Å². The zero-order chi connectivity index (χ0) is 27.0. The average molecular weight is 518 g/mol. The Morgan fingerprint density at radius 1 is 1.21 bits per heavy atom. The maximum Gasteiger partial charge on any atom is 0.157 e. The standard InChI is InChI=1S/C34H46FN2O/c1-5-7-14-30(33-28(6-2)15-8-9-17-31-18-10-11-24-37(31,33)4)21-20-29-16-12-19-32(27(29)3)38-26-34(35)22-13-23-36-25-34/h10-12,14,16-21,24,36H,5-9,13,15,22-23,25-26H2,1-4H3/q+1. The number of piperidine rings is 1. The largest absolute Gasteiger partial charge is 0.490 e. The molecule has 1 saturated heterocycles. The predicted octanol–water partition coefficient (Wildman–Crippen LogP) is 8.47. The zero-order valence-electron chi connectivity index (χ0n) is 23.9. The molecule has 3 aliphatic rings. The molecule has 2 atom stereocenters. The van der Waals surface area contributed by atoms with E-state index in [1.165, 1.54) is 29.0 Å². The van der Waals surface area contributed by atoms with Crippen molar-refractivity contribution in [3.63, 3.8) is 0 Å². The second-order valence-corrected chi connectivity index (χ2v) is 11.1. The highest BCUT2D eigenvalue weighted by Crippen LogP contribution is 2.40. The number of ether oxygens (including phenoxy) is 1. The van der Waals surface area contributed by atoms with Crippen LogP contribution in [-0.2, 0) is 0 Å². The summed E-state index contributed by atoms with van der Waals surface area (Å²) in [4.78, 5) is 0. The van der Waals surface area contributed by atoms with Crippen LogP contribution in [0.5, 0.6) is 5.75 Å². The van der Waals surface area contributed by atoms with Gasteiger partial charge in [-0.25, -0.2) is 8.87 Å². The molecule has 0 radical (unpaired) electrons. The Morgan fingerprint density at radius 2 is 2.08 bits per heavy atom. The number of fused-ring (bicyclic) bond motifs is 1. The fourth-order valence-electron chi connectivity index (χ4n) is 5.86. The number of benzene rings is 1. The molecule has 38 heavy (non-hydrogen) atoms. The lowest BCUT2D eigenvalue weighted by Crippen LogP contribution is -2.46. The van der Waals surface area contributed by atoms with E-state index >= 15 is 4.39 Å². The number of rotatable bonds is 9. The number of quaternary nitrogens is 1. The normalized spacial score (nSPS) is 26.2. The van der Waals surface area contributed by atoms with Gasteiger partial charge in [-0.1, -0.05) is 50.6 Å². The zero-order valence-corrected chi connectivity index (χ0v) is 23.9. The van der Waals surface area contributed by atoms with E-state index in [9.17, 15) is 0 Å². The van der Waals surface area contributed by atoms with Crippen molar-refractivity contribution in [2.24, 2.45) is 0 Å². The van der Waals surface area contributed by atoms with Gasteiger partial charge in [-0.2, -0.15) is 0 Å². The molecular formula is C34H46FN2O+. The van der Waals surface area contributed by atoms with Gasteiger partial charge in [-0.3, -0.25) is 0 Å². The van der Waals surface area contributed by atoms with E-state index < -0.39 is 5.67 Å². The van der Waals surface area contributed by atoms with Crippen LogP contribution in [-0.4, -0.2) is 36.9 Å². The Bertz CT molecular complexity index is 1160. The number of nitrogens with one attached hydrogen (secondary N) is 1. The molecule has 1 N–H and O–H groups in total. The molecule has 0 bridgehead atoms. The summed E-state index contributed by atoms with van der Waals surface area (Å²) in [5.41, 5.74) is 6.43. The molecule has 0 spiro atoms. The van der Waals surface area contributed by atoms with E-state index in [1.807, 2.05) is 12.1 Å². The van der Waals surface area contributed by atoms with Crippen LogP contribution in [0.4, 0.5) is 4.39 Å². The van der Waals surface area contributed by atoms with Gasteiger partial charge in [0, 0.05) is 12.1 Å². The summed E-state index contributed by atoms with van der Waals surface area (Å²) < 4.78 is 21.9. The molecule has 0 saturated carbocycles. The Hall–Kier alpha value is -2.69. The molecule has 1 aromatic rings. The number of halogens is 1. The van der Waals surface area contributed by atoms with Gasteiger partial charge >= 0.3 is 0 Å². The van der Waals surface area contributed by atoms with E-state index in [-0.39, 0.29) is 6.61 Å². The first-order chi connectivity index (χ1) is 18.4. The highest BCUT2D eigenvalue weighted by Gasteiger charge is 2.36. The van der Waals surface area contributed by atoms with Crippen LogP contribution >= 0.6 is 0 Å². The Balaban J connectivity index is 1.67. The molecular weight excluding hydrogens is 471 g/mol. The Kier molecular flexibility index (Phi) is 9.62. The predicted molar refractivity (Wildman–Crippen MR) is 158 cm³/mol. The van der Waals surface area contributed by atoms with Gasteiger partial charge < -0.3 is 10.1 Å². The number of unbranched alkanes of at least 4 members (excludes halogenated alkanes) is 1. The van der Waals surface area contributed by atoms with Crippen molar-refractivity contribution >= 4 is 6.08 Å². The maximum absolute atomic E-state index is 15.1. The summed E-state index contributed by atoms with van der Waals surface area (Å²) in [6, 6.07) is 6.10. The number of allylic oxidation sites excluding steroid dienone is 7. The summed E-state index contributed by atoms with van der Waals surface area (Å²) in [5.74, 6) is 0.765. The van der Waals surface area contributed by atoms with Crippen molar-refractivity contribution in [3.05, 3.63) is 94.5 Å². The smallest absolute Gasteiger partial charge is 0.157 e. The topological polar surface area (TPSA) is 21.3 Å². The summed E-state index contributed by atoms with van der Waals surface area (Å²) in [7, 11) is 2.32. The number of alkyl halides is 1. The lowest BCUT2D eigenvalue weighted by atomic mass is 9.92. The van der Waals surface area contributed by atoms with Crippen LogP contribution in [0.15, 0.2) is 83.4 Å². The molecule has 2 unspecified atom stereocenters. The molecule has 0 aliphatic carbocycles. The van der Waals surface area contributed by atoms with Crippen LogP contribution < -0.4 is 10.1 Å². The first kappa shape index (κ1) is 28.3. The minimum absolute atomic E-state index is 0.0905. The molecule has 1 aromatic carbocycles. The van der Waals surface area contributed by atoms with E-state index in [0.29, 0.717) is 17.4 Å². The molecule has 0 amide bonds. The van der Waals surface area contributed by atoms with Gasteiger partial charge in [0.05, 0.1) is 7.05 Å². The molecule has 4 rings (SSSR count). The maximum atomic E-state index is 15.1. The second kappa shape index (κ2) is 12.9. The minimum Gasteiger partial charge on any atom is -0.490 e. The lowest BCUT2D eigenvalue weighted by Gasteiger charge is -2.37. The fraction of sp³-hybridized carbons (Fsp3) is 0.471. The third kappa shape index (κ3) is 6.47. The van der Waals surface area contributed by atoms with Gasteiger partial charge in [0.1, 0.15) is 30.0 Å². The molecule has 204 valence electrons. The van der Waals surface area contributed by atoms with Gasteiger partial charge in [-0.05, 0) is 105 Å². The van der Waals surface area contributed by atoms with E-state index in [1.54, 1.807) is 0 Å². The van der Waals surface area contributed by atoms with E-state index in [2.05, 4.69) is 87.9 Å². The van der Waals surface area contributed by atoms with Gasteiger partial charge in [0.2, 0.25) is 0 Å². The number of hydrogen-bond acceptors (Lipinski definition) is 2. The molecule has 0 aromatic heterocycles. The van der Waals surface area contributed by atoms with Crippen molar-refractivity contribution in [1.82, 2.24) is 5.32 Å². The van der Waals surface area contributed by atoms with E-state index in [4.69, 9.17) is 4.74 Å². The highest BCUT2D eigenvalue weighted by molar-refractivity contribution is 5.62. The number of hydrogen-bond donors (Lipinski definition) is 1. The summed E-state index contributed by atoms with van der Waals surface area (Å²) in [6.07, 6.45) is 26.3.